The SMILES string of the molecule is COc1ccc(CN2C(=O)N[C@H]3C=CN[C@@H]3C2=O)cc1. The van der Waals surface area contributed by atoms with Crippen LogP contribution in [0.2, 0.25) is 0 Å². The monoisotopic (exact) mass is 273 g/mol. The smallest absolute Gasteiger partial charge is 0.325 e. The van der Waals surface area contributed by atoms with Crippen LogP contribution in [-0.2, 0) is 11.3 Å². The van der Waals surface area contributed by atoms with Gasteiger partial charge in [0.1, 0.15) is 11.8 Å². The van der Waals surface area contributed by atoms with Gasteiger partial charge in [-0.25, -0.2) is 4.79 Å². The second-order valence-electron chi connectivity index (χ2n) is 4.75. The Morgan fingerprint density at radius 3 is 2.70 bits per heavy atom. The Morgan fingerprint density at radius 2 is 2.00 bits per heavy atom. The van der Waals surface area contributed by atoms with Crippen molar-refractivity contribution >= 4 is 11.9 Å². The lowest BCUT2D eigenvalue weighted by molar-refractivity contribution is -0.132. The fraction of sp³-hybridized carbons (Fsp3) is 0.286. The van der Waals surface area contributed by atoms with Crippen LogP contribution in [0, 0.1) is 0 Å². The van der Waals surface area contributed by atoms with E-state index in [1.165, 1.54) is 4.90 Å². The predicted octanol–water partition coefficient (Wildman–Crippen LogP) is 0.601. The lowest BCUT2D eigenvalue weighted by Gasteiger charge is -2.33. The van der Waals surface area contributed by atoms with E-state index in [-0.39, 0.29) is 24.5 Å². The van der Waals surface area contributed by atoms with E-state index in [4.69, 9.17) is 4.74 Å². The molecule has 2 N–H and O–H groups in total. The zero-order valence-corrected chi connectivity index (χ0v) is 11.0. The van der Waals surface area contributed by atoms with Crippen molar-refractivity contribution in [3.63, 3.8) is 0 Å². The summed E-state index contributed by atoms with van der Waals surface area (Å²) < 4.78 is 5.08. The molecular formula is C14H15N3O3. The maximum Gasteiger partial charge on any atom is 0.325 e. The summed E-state index contributed by atoms with van der Waals surface area (Å²) in [6.07, 6.45) is 3.48. The van der Waals surface area contributed by atoms with E-state index in [0.29, 0.717) is 0 Å². The van der Waals surface area contributed by atoms with Gasteiger partial charge in [-0.1, -0.05) is 12.1 Å². The van der Waals surface area contributed by atoms with Crippen LogP contribution < -0.4 is 15.4 Å². The fourth-order valence-corrected chi connectivity index (χ4v) is 2.39. The Morgan fingerprint density at radius 1 is 1.25 bits per heavy atom. The molecule has 3 rings (SSSR count). The first-order chi connectivity index (χ1) is 9.69. The zero-order chi connectivity index (χ0) is 14.1. The molecule has 0 radical (unpaired) electrons. The first-order valence-corrected chi connectivity index (χ1v) is 6.36. The Kier molecular flexibility index (Phi) is 3.06. The minimum Gasteiger partial charge on any atom is -0.497 e. The lowest BCUT2D eigenvalue weighted by atomic mass is 10.1. The van der Waals surface area contributed by atoms with Crippen LogP contribution in [0.3, 0.4) is 0 Å². The Balaban J connectivity index is 1.75. The largest absolute Gasteiger partial charge is 0.497 e. The molecule has 2 aliphatic rings. The number of fused-ring (bicyclic) bond motifs is 1. The third-order valence-electron chi connectivity index (χ3n) is 3.51. The molecule has 1 saturated heterocycles. The lowest BCUT2D eigenvalue weighted by Crippen LogP contribution is -2.63. The quantitative estimate of drug-likeness (QED) is 0.846. The summed E-state index contributed by atoms with van der Waals surface area (Å²) >= 11 is 0. The highest BCUT2D eigenvalue weighted by atomic mass is 16.5. The van der Waals surface area contributed by atoms with Gasteiger partial charge in [0.15, 0.2) is 0 Å². The van der Waals surface area contributed by atoms with Gasteiger partial charge in [0.25, 0.3) is 5.91 Å². The number of nitrogens with one attached hydrogen (secondary N) is 2. The molecule has 6 nitrogen and oxygen atoms in total. The Hall–Kier alpha value is -2.50. The summed E-state index contributed by atoms with van der Waals surface area (Å²) in [7, 11) is 1.59. The van der Waals surface area contributed by atoms with Crippen molar-refractivity contribution in [2.24, 2.45) is 0 Å². The molecular weight excluding hydrogens is 258 g/mol. The number of imide groups is 1. The highest BCUT2D eigenvalue weighted by Crippen LogP contribution is 2.18. The summed E-state index contributed by atoms with van der Waals surface area (Å²) in [5.41, 5.74) is 0.874. The van der Waals surface area contributed by atoms with Crippen LogP contribution in [-0.4, -0.2) is 36.0 Å². The normalized spacial score (nSPS) is 24.1. The number of urea groups is 1. The molecule has 1 fully saturated rings. The third kappa shape index (κ3) is 2.09. The number of carbonyl (C=O) groups excluding carboxylic acids is 2. The number of ether oxygens (including phenoxy) is 1. The average Bonchev–Trinajstić information content (AvgIpc) is 2.92. The number of nitrogens with zero attached hydrogens (tertiary/aromatic N) is 1. The summed E-state index contributed by atoms with van der Waals surface area (Å²) in [6.45, 7) is 0.250. The number of hydrogen-bond acceptors (Lipinski definition) is 4. The van der Waals surface area contributed by atoms with Crippen LogP contribution in [0.4, 0.5) is 4.79 Å². The van der Waals surface area contributed by atoms with E-state index >= 15 is 0 Å². The molecule has 1 aromatic carbocycles. The van der Waals surface area contributed by atoms with Gasteiger partial charge < -0.3 is 15.4 Å². The number of benzene rings is 1. The van der Waals surface area contributed by atoms with Gasteiger partial charge in [-0.05, 0) is 30.0 Å². The van der Waals surface area contributed by atoms with Crippen molar-refractivity contribution in [3.8, 4) is 5.75 Å². The van der Waals surface area contributed by atoms with Crippen LogP contribution in [0.25, 0.3) is 0 Å². The van der Waals surface area contributed by atoms with Crippen molar-refractivity contribution in [2.45, 2.75) is 18.6 Å². The molecule has 2 aliphatic heterocycles. The second kappa shape index (κ2) is 4.88. The number of amides is 3. The topological polar surface area (TPSA) is 70.7 Å². The molecule has 6 heteroatoms. The first kappa shape index (κ1) is 12.5. The van der Waals surface area contributed by atoms with E-state index in [2.05, 4.69) is 10.6 Å². The molecule has 1 aromatic rings. The van der Waals surface area contributed by atoms with Gasteiger partial charge in [-0.2, -0.15) is 0 Å². The molecule has 0 aromatic heterocycles. The molecule has 0 aliphatic carbocycles. The molecule has 0 unspecified atom stereocenters. The van der Waals surface area contributed by atoms with Crippen LogP contribution in [0.1, 0.15) is 5.56 Å². The summed E-state index contributed by atoms with van der Waals surface area (Å²) in [4.78, 5) is 25.5. The van der Waals surface area contributed by atoms with Crippen molar-refractivity contribution in [1.82, 2.24) is 15.5 Å². The summed E-state index contributed by atoms with van der Waals surface area (Å²) in [5.74, 6) is 0.532. The molecule has 2 heterocycles. The minimum absolute atomic E-state index is 0.209. The second-order valence-corrected chi connectivity index (χ2v) is 4.75. The summed E-state index contributed by atoms with van der Waals surface area (Å²) in [5, 5.41) is 5.75. The average molecular weight is 273 g/mol. The van der Waals surface area contributed by atoms with Gasteiger partial charge in [-0.3, -0.25) is 9.69 Å². The number of carbonyl (C=O) groups is 2. The Bertz CT molecular complexity index is 568. The van der Waals surface area contributed by atoms with E-state index in [1.54, 1.807) is 31.5 Å². The highest BCUT2D eigenvalue weighted by molar-refractivity contribution is 6.01. The first-order valence-electron chi connectivity index (χ1n) is 6.36. The van der Waals surface area contributed by atoms with Crippen LogP contribution in [0.5, 0.6) is 5.75 Å². The molecule has 104 valence electrons. The van der Waals surface area contributed by atoms with E-state index in [1.807, 2.05) is 12.1 Å². The summed E-state index contributed by atoms with van der Waals surface area (Å²) in [6, 6.07) is 6.28. The van der Waals surface area contributed by atoms with Crippen molar-refractivity contribution in [2.75, 3.05) is 7.11 Å². The van der Waals surface area contributed by atoms with E-state index < -0.39 is 6.04 Å². The maximum atomic E-state index is 12.3. The minimum atomic E-state index is -0.397. The third-order valence-corrected chi connectivity index (χ3v) is 3.51. The van der Waals surface area contributed by atoms with Gasteiger partial charge in [0.2, 0.25) is 0 Å². The fourth-order valence-electron chi connectivity index (χ4n) is 2.39. The molecule has 20 heavy (non-hydrogen) atoms. The van der Waals surface area contributed by atoms with Crippen molar-refractivity contribution in [1.29, 1.82) is 0 Å². The number of methoxy groups -OCH3 is 1. The van der Waals surface area contributed by atoms with Gasteiger partial charge in [-0.15, -0.1) is 0 Å². The molecule has 0 bridgehead atoms. The molecule has 3 amide bonds. The molecule has 0 saturated carbocycles. The maximum absolute atomic E-state index is 12.3. The molecule has 2 atom stereocenters. The highest BCUT2D eigenvalue weighted by Gasteiger charge is 2.41. The van der Waals surface area contributed by atoms with Gasteiger partial charge in [0, 0.05) is 0 Å². The predicted molar refractivity (Wildman–Crippen MR) is 71.9 cm³/mol. The van der Waals surface area contributed by atoms with Gasteiger partial charge in [0.05, 0.1) is 19.7 Å². The molecule has 0 spiro atoms. The zero-order valence-electron chi connectivity index (χ0n) is 11.0. The van der Waals surface area contributed by atoms with E-state index in [0.717, 1.165) is 11.3 Å². The number of hydrogen-bond donors (Lipinski definition) is 2. The number of rotatable bonds is 3. The van der Waals surface area contributed by atoms with Gasteiger partial charge >= 0.3 is 6.03 Å². The Labute approximate surface area is 116 Å². The van der Waals surface area contributed by atoms with Crippen LogP contribution in [0.15, 0.2) is 36.5 Å². The van der Waals surface area contributed by atoms with Crippen LogP contribution >= 0.6 is 0 Å². The standard InChI is InChI=1S/C14H15N3O3/c1-20-10-4-2-9(3-5-10)8-17-13(18)12-11(6-7-15-12)16-14(17)19/h2-7,11-12,15H,8H2,1H3,(H,16,19)/t11-,12-/m0/s1. The van der Waals surface area contributed by atoms with Crippen molar-refractivity contribution in [3.05, 3.63) is 42.1 Å². The van der Waals surface area contributed by atoms with Crippen molar-refractivity contribution < 1.29 is 14.3 Å². The van der Waals surface area contributed by atoms with E-state index in [9.17, 15) is 9.59 Å².